The fourth-order valence-electron chi connectivity index (χ4n) is 2.48. The molecule has 1 atom stereocenters. The quantitative estimate of drug-likeness (QED) is 0.943. The molecule has 0 saturated carbocycles. The van der Waals surface area contributed by atoms with E-state index in [-0.39, 0.29) is 11.9 Å². The molecule has 1 unspecified atom stereocenters. The third-order valence-electron chi connectivity index (χ3n) is 3.57. The van der Waals surface area contributed by atoms with Crippen molar-refractivity contribution in [3.8, 4) is 0 Å². The summed E-state index contributed by atoms with van der Waals surface area (Å²) in [4.78, 5) is 7.68. The molecule has 0 spiro atoms. The third-order valence-corrected chi connectivity index (χ3v) is 4.88. The lowest BCUT2D eigenvalue weighted by molar-refractivity contribution is 0.160. The van der Waals surface area contributed by atoms with E-state index < -0.39 is 0 Å². The number of aliphatic hydroxyl groups excluding tert-OH is 1. The van der Waals surface area contributed by atoms with Crippen LogP contribution in [0.4, 0.5) is 9.52 Å². The lowest BCUT2D eigenvalue weighted by Gasteiger charge is -2.15. The molecule has 2 aromatic rings. The predicted molar refractivity (Wildman–Crippen MR) is 78.5 cm³/mol. The molecule has 1 aromatic carbocycles. The molecule has 1 N–H and O–H groups in total. The number of nitrogens with zero attached hydrogens (tertiary/aromatic N) is 2. The van der Waals surface area contributed by atoms with Gasteiger partial charge in [-0.05, 0) is 37.0 Å². The highest BCUT2D eigenvalue weighted by Gasteiger charge is 2.23. The predicted octanol–water partition coefficient (Wildman–Crippen LogP) is 3.29. The summed E-state index contributed by atoms with van der Waals surface area (Å²) in [6, 6.07) is 6.52. The molecular weight excluding hydrogens is 275 g/mol. The summed E-state index contributed by atoms with van der Waals surface area (Å²) in [6.07, 6.45) is 2.42. The Kier molecular flexibility index (Phi) is 3.72. The highest BCUT2D eigenvalue weighted by atomic mass is 32.1. The minimum atomic E-state index is -0.357. The van der Waals surface area contributed by atoms with Crippen LogP contribution < -0.4 is 4.90 Å². The molecule has 20 heavy (non-hydrogen) atoms. The number of thiazole rings is 1. The molecule has 3 rings (SSSR count). The first kappa shape index (κ1) is 13.5. The van der Waals surface area contributed by atoms with Crippen LogP contribution in [0.15, 0.2) is 24.3 Å². The minimum Gasteiger partial charge on any atom is -0.388 e. The molecule has 0 amide bonds. The molecule has 0 fully saturated rings. The third kappa shape index (κ3) is 2.69. The van der Waals surface area contributed by atoms with E-state index in [0.717, 1.165) is 40.5 Å². The Morgan fingerprint density at radius 3 is 2.85 bits per heavy atom. The Bertz CT molecular complexity index is 596. The SMILES string of the molecule is CN(Cc1ccc(F)cc1)c1nc2c(s1)C(O)CCC2. The molecule has 106 valence electrons. The van der Waals surface area contributed by atoms with Crippen molar-refractivity contribution in [2.75, 3.05) is 11.9 Å². The molecule has 1 aliphatic carbocycles. The van der Waals surface area contributed by atoms with Gasteiger partial charge < -0.3 is 10.0 Å². The average molecular weight is 292 g/mol. The number of rotatable bonds is 3. The zero-order chi connectivity index (χ0) is 14.1. The Balaban J connectivity index is 1.77. The lowest BCUT2D eigenvalue weighted by atomic mass is 10.0. The number of hydrogen-bond acceptors (Lipinski definition) is 4. The fourth-order valence-corrected chi connectivity index (χ4v) is 3.57. The summed E-state index contributed by atoms with van der Waals surface area (Å²) in [5, 5.41) is 10.9. The van der Waals surface area contributed by atoms with Crippen LogP contribution in [0, 0.1) is 5.82 Å². The van der Waals surface area contributed by atoms with Gasteiger partial charge in [-0.3, -0.25) is 0 Å². The van der Waals surface area contributed by atoms with Crippen molar-refractivity contribution < 1.29 is 9.50 Å². The zero-order valence-corrected chi connectivity index (χ0v) is 12.2. The van der Waals surface area contributed by atoms with E-state index in [1.54, 1.807) is 23.5 Å². The van der Waals surface area contributed by atoms with Crippen molar-refractivity contribution in [1.29, 1.82) is 0 Å². The Hall–Kier alpha value is -1.46. The number of aliphatic hydroxyl groups is 1. The van der Waals surface area contributed by atoms with Gasteiger partial charge in [0.2, 0.25) is 0 Å². The fraction of sp³-hybridized carbons (Fsp3) is 0.400. The van der Waals surface area contributed by atoms with Crippen LogP contribution in [0.3, 0.4) is 0 Å². The number of halogens is 1. The Morgan fingerprint density at radius 1 is 1.40 bits per heavy atom. The summed E-state index contributed by atoms with van der Waals surface area (Å²) in [5.41, 5.74) is 2.08. The zero-order valence-electron chi connectivity index (χ0n) is 11.3. The van der Waals surface area contributed by atoms with Crippen LogP contribution in [0.5, 0.6) is 0 Å². The Labute approximate surface area is 121 Å². The van der Waals surface area contributed by atoms with Crippen molar-refractivity contribution in [3.05, 3.63) is 46.2 Å². The van der Waals surface area contributed by atoms with Crippen LogP contribution in [0.2, 0.25) is 0 Å². The molecule has 1 aliphatic rings. The molecule has 0 bridgehead atoms. The van der Waals surface area contributed by atoms with Crippen LogP contribution >= 0.6 is 11.3 Å². The van der Waals surface area contributed by atoms with Gasteiger partial charge >= 0.3 is 0 Å². The first-order valence-electron chi connectivity index (χ1n) is 6.77. The lowest BCUT2D eigenvalue weighted by Crippen LogP contribution is -2.16. The van der Waals surface area contributed by atoms with Gasteiger partial charge in [-0.25, -0.2) is 9.37 Å². The summed E-state index contributed by atoms with van der Waals surface area (Å²) < 4.78 is 12.9. The smallest absolute Gasteiger partial charge is 0.185 e. The molecule has 3 nitrogen and oxygen atoms in total. The Morgan fingerprint density at radius 2 is 2.15 bits per heavy atom. The maximum Gasteiger partial charge on any atom is 0.185 e. The van der Waals surface area contributed by atoms with Crippen molar-refractivity contribution in [3.63, 3.8) is 0 Å². The number of aryl methyl sites for hydroxylation is 1. The van der Waals surface area contributed by atoms with Crippen molar-refractivity contribution in [2.24, 2.45) is 0 Å². The molecule has 5 heteroatoms. The minimum absolute atomic E-state index is 0.218. The van der Waals surface area contributed by atoms with Gasteiger partial charge in [0.15, 0.2) is 5.13 Å². The molecule has 0 aliphatic heterocycles. The summed E-state index contributed by atoms with van der Waals surface area (Å²) in [5.74, 6) is -0.218. The van der Waals surface area contributed by atoms with E-state index in [1.807, 2.05) is 11.9 Å². The van der Waals surface area contributed by atoms with Gasteiger partial charge in [-0.15, -0.1) is 0 Å². The van der Waals surface area contributed by atoms with E-state index in [0.29, 0.717) is 6.54 Å². The number of fused-ring (bicyclic) bond motifs is 1. The van der Waals surface area contributed by atoms with Gasteiger partial charge in [0.25, 0.3) is 0 Å². The number of hydrogen-bond donors (Lipinski definition) is 1. The first-order valence-corrected chi connectivity index (χ1v) is 7.58. The molecule has 1 heterocycles. The van der Waals surface area contributed by atoms with E-state index in [1.165, 1.54) is 12.1 Å². The maximum atomic E-state index is 12.9. The van der Waals surface area contributed by atoms with Crippen LogP contribution in [0.1, 0.15) is 35.1 Å². The molecular formula is C15H17FN2OS. The van der Waals surface area contributed by atoms with Crippen LogP contribution in [-0.4, -0.2) is 17.1 Å². The normalized spacial score (nSPS) is 17.9. The standard InChI is InChI=1S/C15H17FN2OS/c1-18(9-10-5-7-11(16)8-6-10)15-17-12-3-2-4-13(19)14(12)20-15/h5-8,13,19H,2-4,9H2,1H3. The van der Waals surface area contributed by atoms with Crippen LogP contribution in [0.25, 0.3) is 0 Å². The van der Waals surface area contributed by atoms with E-state index in [2.05, 4.69) is 4.98 Å². The van der Waals surface area contributed by atoms with E-state index in [9.17, 15) is 9.50 Å². The second-order valence-corrected chi connectivity index (χ2v) is 6.21. The second kappa shape index (κ2) is 5.50. The topological polar surface area (TPSA) is 36.4 Å². The summed E-state index contributed by atoms with van der Waals surface area (Å²) in [6.45, 7) is 0.683. The van der Waals surface area contributed by atoms with Gasteiger partial charge in [0, 0.05) is 13.6 Å². The maximum absolute atomic E-state index is 12.9. The van der Waals surface area contributed by atoms with Gasteiger partial charge in [-0.2, -0.15) is 0 Å². The average Bonchev–Trinajstić information content (AvgIpc) is 2.87. The highest BCUT2D eigenvalue weighted by Crippen LogP contribution is 2.37. The second-order valence-electron chi connectivity index (χ2n) is 5.20. The van der Waals surface area contributed by atoms with Crippen LogP contribution in [-0.2, 0) is 13.0 Å². The first-order chi connectivity index (χ1) is 9.63. The highest BCUT2D eigenvalue weighted by molar-refractivity contribution is 7.15. The summed E-state index contributed by atoms with van der Waals surface area (Å²) in [7, 11) is 1.97. The van der Waals surface area contributed by atoms with E-state index >= 15 is 0 Å². The van der Waals surface area contributed by atoms with E-state index in [4.69, 9.17) is 0 Å². The van der Waals surface area contributed by atoms with Gasteiger partial charge in [-0.1, -0.05) is 23.5 Å². The van der Waals surface area contributed by atoms with Gasteiger partial charge in [0.05, 0.1) is 16.7 Å². The molecule has 0 saturated heterocycles. The molecule has 1 aromatic heterocycles. The molecule has 0 radical (unpaired) electrons. The van der Waals surface area contributed by atoms with Crippen molar-refractivity contribution >= 4 is 16.5 Å². The largest absolute Gasteiger partial charge is 0.388 e. The number of aromatic nitrogens is 1. The number of anilines is 1. The number of benzene rings is 1. The van der Waals surface area contributed by atoms with Gasteiger partial charge in [0.1, 0.15) is 5.82 Å². The van der Waals surface area contributed by atoms with Crippen molar-refractivity contribution in [1.82, 2.24) is 4.98 Å². The van der Waals surface area contributed by atoms with Crippen molar-refractivity contribution in [2.45, 2.75) is 31.9 Å². The summed E-state index contributed by atoms with van der Waals surface area (Å²) >= 11 is 1.56. The monoisotopic (exact) mass is 292 g/mol.